The third-order valence-electron chi connectivity index (χ3n) is 5.58. The molecule has 3 heterocycles. The van der Waals surface area contributed by atoms with Crippen LogP contribution in [0.1, 0.15) is 51.2 Å². The van der Waals surface area contributed by atoms with Gasteiger partial charge in [0.05, 0.1) is 0 Å². The van der Waals surface area contributed by atoms with E-state index in [9.17, 15) is 0 Å². The lowest BCUT2D eigenvalue weighted by Crippen LogP contribution is -2.44. The zero-order chi connectivity index (χ0) is 17.7. The van der Waals surface area contributed by atoms with E-state index in [1.165, 1.54) is 36.1 Å². The molecule has 0 saturated carbocycles. The van der Waals surface area contributed by atoms with Gasteiger partial charge in [0.2, 0.25) is 0 Å². The van der Waals surface area contributed by atoms with Crippen LogP contribution in [0.15, 0.2) is 48.5 Å². The van der Waals surface area contributed by atoms with Crippen LogP contribution in [-0.2, 0) is 12.8 Å². The van der Waals surface area contributed by atoms with Crippen molar-refractivity contribution in [1.82, 2.24) is 0 Å². The molecule has 0 aromatic heterocycles. The van der Waals surface area contributed by atoms with Crippen LogP contribution in [0.3, 0.4) is 0 Å². The van der Waals surface area contributed by atoms with E-state index in [2.05, 4.69) is 74.6 Å². The minimum absolute atomic E-state index is 0.0395. The highest BCUT2D eigenvalue weighted by atomic mass is 16.5. The first kappa shape index (κ1) is 17.8. The monoisotopic (exact) mass is 337 g/mol. The van der Waals surface area contributed by atoms with E-state index in [1.54, 1.807) is 0 Å². The smallest absolute Gasteiger partial charge is 0.123 e. The first-order chi connectivity index (χ1) is 12.1. The fraction of sp³-hybridized carbons (Fsp3) is 0.478. The first-order valence-corrected chi connectivity index (χ1v) is 9.74. The van der Waals surface area contributed by atoms with Crippen molar-refractivity contribution in [2.75, 3.05) is 11.9 Å². The lowest BCUT2D eigenvalue weighted by molar-refractivity contribution is -0.000596. The maximum absolute atomic E-state index is 6.26. The Balaban J connectivity index is 0.000000170. The Morgan fingerprint density at radius 1 is 1.08 bits per heavy atom. The molecule has 3 aliphatic rings. The van der Waals surface area contributed by atoms with Crippen LogP contribution < -0.4 is 10.1 Å². The second-order valence-electron chi connectivity index (χ2n) is 7.46. The topological polar surface area (TPSA) is 21.3 Å². The molecule has 0 radical (unpaired) electrons. The molecule has 2 bridgehead atoms. The van der Waals surface area contributed by atoms with Crippen LogP contribution in [0.25, 0.3) is 0 Å². The highest BCUT2D eigenvalue weighted by Gasteiger charge is 2.38. The highest BCUT2D eigenvalue weighted by molar-refractivity contribution is 5.46. The fourth-order valence-corrected chi connectivity index (χ4v) is 4.06. The Hall–Kier alpha value is -1.96. The molecule has 5 rings (SSSR count). The summed E-state index contributed by atoms with van der Waals surface area (Å²) >= 11 is 0. The quantitative estimate of drug-likeness (QED) is 0.757. The highest BCUT2D eigenvalue weighted by Crippen LogP contribution is 2.40. The lowest BCUT2D eigenvalue weighted by Gasteiger charge is -2.42. The van der Waals surface area contributed by atoms with Crippen molar-refractivity contribution in [3.63, 3.8) is 0 Å². The van der Waals surface area contributed by atoms with Crippen molar-refractivity contribution < 1.29 is 4.74 Å². The van der Waals surface area contributed by atoms with Gasteiger partial charge in [0.25, 0.3) is 0 Å². The zero-order valence-corrected chi connectivity index (χ0v) is 15.8. The summed E-state index contributed by atoms with van der Waals surface area (Å²) in [6, 6.07) is 17.1. The zero-order valence-electron chi connectivity index (χ0n) is 15.8. The fourth-order valence-electron chi connectivity index (χ4n) is 4.06. The Labute approximate surface area is 152 Å². The molecule has 3 aliphatic heterocycles. The van der Waals surface area contributed by atoms with Gasteiger partial charge in [-0.2, -0.15) is 0 Å². The number of anilines is 1. The van der Waals surface area contributed by atoms with Crippen molar-refractivity contribution >= 4 is 5.69 Å². The van der Waals surface area contributed by atoms with E-state index in [1.807, 2.05) is 0 Å². The van der Waals surface area contributed by atoms with E-state index >= 15 is 0 Å². The number of benzene rings is 2. The van der Waals surface area contributed by atoms with E-state index in [-0.39, 0.29) is 5.60 Å². The molecule has 2 nitrogen and oxygen atoms in total. The van der Waals surface area contributed by atoms with Crippen LogP contribution in [0.5, 0.6) is 5.75 Å². The summed E-state index contributed by atoms with van der Waals surface area (Å²) in [7, 11) is 0. The number of para-hydroxylation sites is 1. The average molecular weight is 338 g/mol. The molecule has 1 N–H and O–H groups in total. The molecule has 2 atom stereocenters. The number of rotatable bonds is 3. The van der Waals surface area contributed by atoms with Gasteiger partial charge in [0.1, 0.15) is 11.4 Å². The van der Waals surface area contributed by atoms with Gasteiger partial charge in [-0.05, 0) is 61.9 Å². The SMILES string of the molecule is CCCC1(C)Oc2ccccc2CC1CC.c1cc2ccc1CCN2. The van der Waals surface area contributed by atoms with E-state index in [0.717, 1.165) is 25.1 Å². The predicted octanol–water partition coefficient (Wildman–Crippen LogP) is 5.86. The van der Waals surface area contributed by atoms with Crippen molar-refractivity contribution in [2.24, 2.45) is 5.92 Å². The molecule has 2 aromatic rings. The summed E-state index contributed by atoms with van der Waals surface area (Å²) in [6.07, 6.45) is 5.87. The Morgan fingerprint density at radius 2 is 1.84 bits per heavy atom. The molecule has 2 unspecified atom stereocenters. The minimum atomic E-state index is 0.0395. The molecular weight excluding hydrogens is 306 g/mol. The number of nitrogens with one attached hydrogen (secondary N) is 1. The molecule has 0 fully saturated rings. The van der Waals surface area contributed by atoms with Gasteiger partial charge in [0.15, 0.2) is 0 Å². The normalized spacial score (nSPS) is 23.4. The summed E-state index contributed by atoms with van der Waals surface area (Å²) in [5.74, 6) is 1.76. The summed E-state index contributed by atoms with van der Waals surface area (Å²) in [4.78, 5) is 0. The van der Waals surface area contributed by atoms with Crippen LogP contribution in [0.2, 0.25) is 0 Å². The molecule has 0 aliphatic carbocycles. The number of hydrogen-bond donors (Lipinski definition) is 1. The van der Waals surface area contributed by atoms with Crippen molar-refractivity contribution in [3.05, 3.63) is 59.7 Å². The molecule has 0 spiro atoms. The standard InChI is InChI=1S/C15H22O.C8H9N/c1-4-10-15(3)13(5-2)11-12-8-6-7-9-14(12)16-15;1-3-8-4-2-7(1)5-6-9-8/h6-9,13H,4-5,10-11H2,1-3H3;1-4,9H,5-6H2. The van der Waals surface area contributed by atoms with Gasteiger partial charge in [-0.15, -0.1) is 0 Å². The van der Waals surface area contributed by atoms with E-state index in [4.69, 9.17) is 4.74 Å². The molecule has 0 saturated heterocycles. The summed E-state index contributed by atoms with van der Waals surface area (Å²) in [6.45, 7) is 7.88. The van der Waals surface area contributed by atoms with Gasteiger partial charge in [-0.1, -0.05) is 50.6 Å². The number of fused-ring (bicyclic) bond motifs is 5. The number of hydrogen-bond acceptors (Lipinski definition) is 2. The third kappa shape index (κ3) is 4.18. The van der Waals surface area contributed by atoms with E-state index < -0.39 is 0 Å². The first-order valence-electron chi connectivity index (χ1n) is 9.74. The van der Waals surface area contributed by atoms with Crippen LogP contribution in [-0.4, -0.2) is 12.1 Å². The van der Waals surface area contributed by atoms with Crippen molar-refractivity contribution in [2.45, 2.75) is 58.5 Å². The molecule has 2 heteroatoms. The van der Waals surface area contributed by atoms with Crippen LogP contribution in [0.4, 0.5) is 5.69 Å². The largest absolute Gasteiger partial charge is 0.487 e. The van der Waals surface area contributed by atoms with Gasteiger partial charge < -0.3 is 10.1 Å². The molecular formula is C23H31NO. The molecule has 134 valence electrons. The summed E-state index contributed by atoms with van der Waals surface area (Å²) < 4.78 is 6.26. The van der Waals surface area contributed by atoms with Crippen LogP contribution >= 0.6 is 0 Å². The lowest BCUT2D eigenvalue weighted by atomic mass is 9.77. The van der Waals surface area contributed by atoms with Gasteiger partial charge in [-0.25, -0.2) is 0 Å². The maximum atomic E-state index is 6.26. The van der Waals surface area contributed by atoms with Gasteiger partial charge in [0, 0.05) is 18.2 Å². The molecule has 0 amide bonds. The van der Waals surface area contributed by atoms with Gasteiger partial charge in [-0.3, -0.25) is 0 Å². The van der Waals surface area contributed by atoms with E-state index in [0.29, 0.717) is 5.92 Å². The predicted molar refractivity (Wildman–Crippen MR) is 107 cm³/mol. The number of ether oxygens (including phenoxy) is 1. The minimum Gasteiger partial charge on any atom is -0.487 e. The van der Waals surface area contributed by atoms with Gasteiger partial charge >= 0.3 is 0 Å². The Bertz CT molecular complexity index is 656. The second-order valence-corrected chi connectivity index (χ2v) is 7.46. The summed E-state index contributed by atoms with van der Waals surface area (Å²) in [5.41, 5.74) is 4.10. The third-order valence-corrected chi connectivity index (χ3v) is 5.58. The Kier molecular flexibility index (Phi) is 5.67. The van der Waals surface area contributed by atoms with Crippen molar-refractivity contribution in [3.8, 4) is 5.75 Å². The molecule has 25 heavy (non-hydrogen) atoms. The Morgan fingerprint density at radius 3 is 2.56 bits per heavy atom. The average Bonchev–Trinajstić information content (AvgIpc) is 2.99. The summed E-state index contributed by atoms with van der Waals surface area (Å²) in [5, 5.41) is 3.30. The molecule has 2 aromatic carbocycles. The van der Waals surface area contributed by atoms with Crippen LogP contribution in [0, 0.1) is 5.92 Å². The van der Waals surface area contributed by atoms with Crippen molar-refractivity contribution in [1.29, 1.82) is 0 Å². The second kappa shape index (κ2) is 7.95. The maximum Gasteiger partial charge on any atom is 0.123 e.